The average Bonchev–Trinajstić information content (AvgIpc) is 2.07. The van der Waals surface area contributed by atoms with Gasteiger partial charge in [-0.1, -0.05) is 20.8 Å². The molecule has 0 bridgehead atoms. The van der Waals surface area contributed by atoms with E-state index >= 15 is 0 Å². The lowest BCUT2D eigenvalue weighted by molar-refractivity contribution is 0.401. The van der Waals surface area contributed by atoms with Gasteiger partial charge in [-0.3, -0.25) is 0 Å². The predicted molar refractivity (Wildman–Crippen MR) is 73.4 cm³/mol. The summed E-state index contributed by atoms with van der Waals surface area (Å²) in [4.78, 5) is 1.27. The number of hydrogen-bond donors (Lipinski definition) is 1. The van der Waals surface area contributed by atoms with Crippen molar-refractivity contribution in [3.05, 3.63) is 22.7 Å². The number of nitrogens with two attached hydrogens (primary N) is 1. The number of thioether (sulfide) groups is 1. The molecule has 1 aromatic carbocycles. The first-order valence-corrected chi connectivity index (χ1v) is 6.84. The van der Waals surface area contributed by atoms with Crippen LogP contribution >= 0.6 is 27.7 Å². The van der Waals surface area contributed by atoms with Crippen LogP contribution in [0.4, 0.5) is 5.69 Å². The molecule has 0 atom stereocenters. The van der Waals surface area contributed by atoms with Crippen LogP contribution < -0.4 is 5.73 Å². The molecule has 1 aromatic rings. The van der Waals surface area contributed by atoms with Crippen molar-refractivity contribution in [3.63, 3.8) is 0 Å². The quantitative estimate of drug-likeness (QED) is 0.651. The first-order chi connectivity index (χ1) is 6.88. The Morgan fingerprint density at radius 1 is 1.33 bits per heavy atom. The molecule has 3 heteroatoms. The summed E-state index contributed by atoms with van der Waals surface area (Å²) in [7, 11) is 0. The SMILES string of the molecule is CC(C)(C)CCSc1ccc(N)cc1Br. The van der Waals surface area contributed by atoms with Crippen molar-refractivity contribution in [2.24, 2.45) is 5.41 Å². The van der Waals surface area contributed by atoms with Crippen LogP contribution in [0.15, 0.2) is 27.6 Å². The summed E-state index contributed by atoms with van der Waals surface area (Å²) in [5, 5.41) is 0. The summed E-state index contributed by atoms with van der Waals surface area (Å²) in [5.74, 6) is 1.14. The highest BCUT2D eigenvalue weighted by Crippen LogP contribution is 2.31. The van der Waals surface area contributed by atoms with Crippen molar-refractivity contribution in [3.8, 4) is 0 Å². The fraction of sp³-hybridized carbons (Fsp3) is 0.500. The summed E-state index contributed by atoms with van der Waals surface area (Å²) >= 11 is 5.41. The first kappa shape index (κ1) is 12.9. The van der Waals surface area contributed by atoms with Gasteiger partial charge in [-0.15, -0.1) is 11.8 Å². The third kappa shape index (κ3) is 4.94. The number of anilines is 1. The second-order valence-corrected chi connectivity index (χ2v) is 6.84. The lowest BCUT2D eigenvalue weighted by Gasteiger charge is -2.17. The Morgan fingerprint density at radius 3 is 2.53 bits per heavy atom. The van der Waals surface area contributed by atoms with Crippen molar-refractivity contribution in [2.45, 2.75) is 32.1 Å². The van der Waals surface area contributed by atoms with E-state index in [0.29, 0.717) is 5.41 Å². The summed E-state index contributed by atoms with van der Waals surface area (Å²) in [5.41, 5.74) is 6.90. The molecular weight excluding hydrogens is 270 g/mol. The molecule has 15 heavy (non-hydrogen) atoms. The molecular formula is C12H18BrNS. The Balaban J connectivity index is 2.51. The Morgan fingerprint density at radius 2 is 2.00 bits per heavy atom. The van der Waals surface area contributed by atoms with E-state index in [4.69, 9.17) is 5.73 Å². The zero-order chi connectivity index (χ0) is 11.5. The molecule has 0 saturated heterocycles. The average molecular weight is 288 g/mol. The van der Waals surface area contributed by atoms with E-state index in [9.17, 15) is 0 Å². The zero-order valence-corrected chi connectivity index (χ0v) is 11.9. The minimum absolute atomic E-state index is 0.410. The number of hydrogen-bond acceptors (Lipinski definition) is 2. The highest BCUT2D eigenvalue weighted by atomic mass is 79.9. The van der Waals surface area contributed by atoms with E-state index in [0.717, 1.165) is 15.9 Å². The van der Waals surface area contributed by atoms with Crippen LogP contribution in [0.2, 0.25) is 0 Å². The molecule has 0 spiro atoms. The van der Waals surface area contributed by atoms with E-state index < -0.39 is 0 Å². The van der Waals surface area contributed by atoms with Crippen LogP contribution in [0, 0.1) is 5.41 Å². The molecule has 0 radical (unpaired) electrons. The van der Waals surface area contributed by atoms with Gasteiger partial charge in [0.2, 0.25) is 0 Å². The molecule has 0 aliphatic rings. The van der Waals surface area contributed by atoms with Crippen LogP contribution in [-0.2, 0) is 0 Å². The summed E-state index contributed by atoms with van der Waals surface area (Å²) < 4.78 is 1.10. The monoisotopic (exact) mass is 287 g/mol. The maximum Gasteiger partial charge on any atom is 0.0331 e. The zero-order valence-electron chi connectivity index (χ0n) is 9.51. The lowest BCUT2D eigenvalue weighted by atomic mass is 9.94. The number of benzene rings is 1. The van der Waals surface area contributed by atoms with Gasteiger partial charge in [-0.2, -0.15) is 0 Å². The molecule has 0 aliphatic heterocycles. The Hall–Kier alpha value is -0.150. The molecule has 0 aliphatic carbocycles. The van der Waals surface area contributed by atoms with Gasteiger partial charge in [-0.25, -0.2) is 0 Å². The Labute approximate surface area is 105 Å². The standard InChI is InChI=1S/C12H18BrNS/c1-12(2,3)6-7-15-11-5-4-9(14)8-10(11)13/h4-5,8H,6-7,14H2,1-3H3. The molecule has 84 valence electrons. The third-order valence-corrected chi connectivity index (χ3v) is 4.06. The highest BCUT2D eigenvalue weighted by Gasteiger charge is 2.10. The van der Waals surface area contributed by atoms with Crippen LogP contribution in [0.1, 0.15) is 27.2 Å². The summed E-state index contributed by atoms with van der Waals surface area (Å²) in [6.45, 7) is 6.81. The van der Waals surface area contributed by atoms with Crippen molar-refractivity contribution in [2.75, 3.05) is 11.5 Å². The van der Waals surface area contributed by atoms with Crippen molar-refractivity contribution < 1.29 is 0 Å². The number of halogens is 1. The van der Waals surface area contributed by atoms with E-state index in [2.05, 4.69) is 42.8 Å². The predicted octanol–water partition coefficient (Wildman–Crippen LogP) is 4.56. The second-order valence-electron chi connectivity index (χ2n) is 4.85. The lowest BCUT2D eigenvalue weighted by Crippen LogP contribution is -2.05. The minimum Gasteiger partial charge on any atom is -0.399 e. The van der Waals surface area contributed by atoms with Gasteiger partial charge >= 0.3 is 0 Å². The highest BCUT2D eigenvalue weighted by molar-refractivity contribution is 9.10. The number of nitrogen functional groups attached to an aromatic ring is 1. The van der Waals surface area contributed by atoms with Crippen molar-refractivity contribution >= 4 is 33.4 Å². The topological polar surface area (TPSA) is 26.0 Å². The van der Waals surface area contributed by atoms with Gasteiger partial charge < -0.3 is 5.73 Å². The van der Waals surface area contributed by atoms with Gasteiger partial charge in [0.25, 0.3) is 0 Å². The molecule has 0 saturated carbocycles. The van der Waals surface area contributed by atoms with E-state index in [-0.39, 0.29) is 0 Å². The normalized spacial score (nSPS) is 11.7. The second kappa shape index (κ2) is 5.26. The molecule has 0 unspecified atom stereocenters. The maximum absolute atomic E-state index is 5.69. The van der Waals surface area contributed by atoms with E-state index in [1.54, 1.807) is 0 Å². The molecule has 0 amide bonds. The fourth-order valence-electron chi connectivity index (χ4n) is 1.10. The van der Waals surface area contributed by atoms with Crippen LogP contribution in [-0.4, -0.2) is 5.75 Å². The molecule has 1 rings (SSSR count). The molecule has 0 aromatic heterocycles. The van der Waals surface area contributed by atoms with Crippen molar-refractivity contribution in [1.82, 2.24) is 0 Å². The largest absolute Gasteiger partial charge is 0.399 e. The van der Waals surface area contributed by atoms with Crippen LogP contribution in [0.3, 0.4) is 0 Å². The van der Waals surface area contributed by atoms with Gasteiger partial charge in [-0.05, 0) is 51.7 Å². The van der Waals surface area contributed by atoms with Gasteiger partial charge in [0.1, 0.15) is 0 Å². The summed E-state index contributed by atoms with van der Waals surface area (Å²) in [6.07, 6.45) is 1.22. The van der Waals surface area contributed by atoms with Crippen molar-refractivity contribution in [1.29, 1.82) is 0 Å². The Bertz CT molecular complexity index is 331. The first-order valence-electron chi connectivity index (χ1n) is 5.06. The van der Waals surface area contributed by atoms with Gasteiger partial charge in [0.05, 0.1) is 0 Å². The van der Waals surface area contributed by atoms with Crippen LogP contribution in [0.5, 0.6) is 0 Å². The van der Waals surface area contributed by atoms with Gasteiger partial charge in [0.15, 0.2) is 0 Å². The molecule has 1 nitrogen and oxygen atoms in total. The van der Waals surface area contributed by atoms with E-state index in [1.807, 2.05) is 23.9 Å². The van der Waals surface area contributed by atoms with Crippen LogP contribution in [0.25, 0.3) is 0 Å². The molecule has 0 heterocycles. The maximum atomic E-state index is 5.69. The molecule has 0 fully saturated rings. The fourth-order valence-corrected chi connectivity index (χ4v) is 3.14. The van der Waals surface area contributed by atoms with Gasteiger partial charge in [0, 0.05) is 15.1 Å². The molecule has 2 N–H and O–H groups in total. The smallest absolute Gasteiger partial charge is 0.0331 e. The third-order valence-electron chi connectivity index (χ3n) is 2.07. The number of rotatable bonds is 3. The van der Waals surface area contributed by atoms with E-state index in [1.165, 1.54) is 11.3 Å². The Kier molecular flexibility index (Phi) is 4.53. The summed E-state index contributed by atoms with van der Waals surface area (Å²) in [6, 6.07) is 5.98. The minimum atomic E-state index is 0.410.